The maximum Gasteiger partial charge on any atom is 0.161 e. The van der Waals surface area contributed by atoms with Gasteiger partial charge >= 0.3 is 0 Å². The summed E-state index contributed by atoms with van der Waals surface area (Å²) < 4.78 is 19.6. The number of nitrogens with two attached hydrogens (primary N) is 3. The fourth-order valence-corrected chi connectivity index (χ4v) is 3.20. The summed E-state index contributed by atoms with van der Waals surface area (Å²) in [5, 5.41) is 0.142. The number of hydrogen-bond donors (Lipinski definition) is 3. The molecule has 7 heteroatoms. The molecule has 0 aliphatic rings. The molecule has 28 heavy (non-hydrogen) atoms. The first-order chi connectivity index (χ1) is 13.1. The quantitative estimate of drug-likeness (QED) is 0.334. The number of allylic oxidation sites excluding steroid dienone is 2. The van der Waals surface area contributed by atoms with Gasteiger partial charge in [0, 0.05) is 22.4 Å². The molecule has 0 aromatic heterocycles. The van der Waals surface area contributed by atoms with E-state index in [4.69, 9.17) is 45.1 Å². The van der Waals surface area contributed by atoms with Crippen LogP contribution in [0.1, 0.15) is 36.6 Å². The number of hydrogen-bond acceptors (Lipinski definition) is 4. The first kappa shape index (κ1) is 21.7. The van der Waals surface area contributed by atoms with E-state index in [2.05, 4.69) is 6.58 Å². The second kappa shape index (κ2) is 9.04. The van der Waals surface area contributed by atoms with Gasteiger partial charge in [-0.05, 0) is 37.1 Å². The molecule has 2 aromatic carbocycles. The van der Waals surface area contributed by atoms with Crippen LogP contribution >= 0.6 is 23.2 Å². The van der Waals surface area contributed by atoms with Gasteiger partial charge in [-0.3, -0.25) is 0 Å². The second-order valence-corrected chi connectivity index (χ2v) is 7.08. The average molecular weight is 422 g/mol. The molecule has 0 aliphatic heterocycles. The highest BCUT2D eigenvalue weighted by Gasteiger charge is 2.20. The van der Waals surface area contributed by atoms with Crippen LogP contribution in [0.5, 0.6) is 0 Å². The minimum Gasteiger partial charge on any atom is -0.482 e. The average Bonchev–Trinajstić information content (AvgIpc) is 2.64. The number of benzene rings is 2. The van der Waals surface area contributed by atoms with E-state index in [-0.39, 0.29) is 21.6 Å². The van der Waals surface area contributed by atoms with Crippen molar-refractivity contribution in [2.24, 2.45) is 17.2 Å². The fraction of sp³-hybridized carbons (Fsp3) is 0.143. The van der Waals surface area contributed by atoms with Gasteiger partial charge in [0.25, 0.3) is 0 Å². The molecule has 0 saturated carbocycles. The van der Waals surface area contributed by atoms with Crippen LogP contribution in [0.2, 0.25) is 10.0 Å². The Bertz CT molecular complexity index is 949. The smallest absolute Gasteiger partial charge is 0.161 e. The van der Waals surface area contributed by atoms with Crippen LogP contribution < -0.4 is 17.2 Å². The molecule has 6 N–H and O–H groups in total. The van der Waals surface area contributed by atoms with Gasteiger partial charge in [0.15, 0.2) is 5.76 Å². The molecule has 4 nitrogen and oxygen atoms in total. The van der Waals surface area contributed by atoms with Gasteiger partial charge in [0.2, 0.25) is 0 Å². The Morgan fingerprint density at radius 2 is 1.64 bits per heavy atom. The summed E-state index contributed by atoms with van der Waals surface area (Å²) in [7, 11) is 0. The lowest BCUT2D eigenvalue weighted by Gasteiger charge is -2.19. The lowest BCUT2D eigenvalue weighted by Crippen LogP contribution is -2.15. The van der Waals surface area contributed by atoms with Gasteiger partial charge in [-0.1, -0.05) is 59.6 Å². The summed E-state index contributed by atoms with van der Waals surface area (Å²) in [6.45, 7) is 7.47. The lowest BCUT2D eigenvalue weighted by molar-refractivity contribution is 0.140. The van der Waals surface area contributed by atoms with E-state index in [1.807, 2.05) is 31.2 Å². The third-order valence-electron chi connectivity index (χ3n) is 4.07. The topological polar surface area (TPSA) is 87.3 Å². The van der Waals surface area contributed by atoms with E-state index < -0.39 is 11.9 Å². The minimum absolute atomic E-state index is 0.0861. The van der Waals surface area contributed by atoms with Gasteiger partial charge in [0.1, 0.15) is 17.7 Å². The van der Waals surface area contributed by atoms with Crippen molar-refractivity contribution in [3.8, 4) is 0 Å². The van der Waals surface area contributed by atoms with Crippen molar-refractivity contribution >= 4 is 34.5 Å². The molecule has 1 atom stereocenters. The van der Waals surface area contributed by atoms with Crippen LogP contribution in [0.4, 0.5) is 4.39 Å². The largest absolute Gasteiger partial charge is 0.482 e. The molecule has 0 amide bonds. The summed E-state index contributed by atoms with van der Waals surface area (Å²) in [6, 6.07) is 10.1. The molecule has 0 bridgehead atoms. The predicted molar refractivity (Wildman–Crippen MR) is 115 cm³/mol. The molecular weight excluding hydrogens is 400 g/mol. The minimum atomic E-state index is -0.720. The van der Waals surface area contributed by atoms with Gasteiger partial charge in [-0.2, -0.15) is 0 Å². The SMILES string of the molecule is C=C(C)c1ccc(/C(N)=C/C(OC(C)c2c(Cl)ccc(F)c2Cl)=C(N)N)cc1. The first-order valence-corrected chi connectivity index (χ1v) is 9.16. The Morgan fingerprint density at radius 1 is 1.07 bits per heavy atom. The van der Waals surface area contributed by atoms with Crippen LogP contribution in [0.25, 0.3) is 11.3 Å². The zero-order chi connectivity index (χ0) is 21.0. The zero-order valence-corrected chi connectivity index (χ0v) is 17.1. The third kappa shape index (κ3) is 5.00. The van der Waals surface area contributed by atoms with Crippen LogP contribution in [-0.4, -0.2) is 0 Å². The van der Waals surface area contributed by atoms with Crippen molar-refractivity contribution in [3.63, 3.8) is 0 Å². The standard InChI is InChI=1S/C21H22Cl2FN3O/c1-11(2)13-4-6-14(7-5-13)17(25)10-18(21(26)27)28-12(3)19-15(22)8-9-16(24)20(19)23/h4-10,12H,1,25-27H2,2-3H3/b17-10-. The molecule has 0 spiro atoms. The molecule has 0 fully saturated rings. The molecule has 2 aromatic rings. The molecule has 0 radical (unpaired) electrons. The molecule has 2 rings (SSSR count). The summed E-state index contributed by atoms with van der Waals surface area (Å²) in [4.78, 5) is 0. The lowest BCUT2D eigenvalue weighted by atomic mass is 10.0. The Kier molecular flexibility index (Phi) is 7.00. The van der Waals surface area contributed by atoms with E-state index in [9.17, 15) is 4.39 Å². The molecule has 0 saturated heterocycles. The highest BCUT2D eigenvalue weighted by molar-refractivity contribution is 6.36. The Labute approximate surface area is 174 Å². The van der Waals surface area contributed by atoms with E-state index in [0.29, 0.717) is 11.3 Å². The van der Waals surface area contributed by atoms with Crippen LogP contribution in [-0.2, 0) is 4.74 Å². The molecule has 0 heterocycles. The molecule has 0 aliphatic carbocycles. The Balaban J connectivity index is 2.31. The van der Waals surface area contributed by atoms with E-state index in [1.54, 1.807) is 6.92 Å². The monoisotopic (exact) mass is 421 g/mol. The van der Waals surface area contributed by atoms with E-state index >= 15 is 0 Å². The van der Waals surface area contributed by atoms with Crippen molar-refractivity contribution in [3.05, 3.63) is 93.2 Å². The van der Waals surface area contributed by atoms with Crippen molar-refractivity contribution < 1.29 is 9.13 Å². The second-order valence-electron chi connectivity index (χ2n) is 6.29. The van der Waals surface area contributed by atoms with Gasteiger partial charge < -0.3 is 21.9 Å². The highest BCUT2D eigenvalue weighted by Crippen LogP contribution is 2.35. The van der Waals surface area contributed by atoms with Crippen molar-refractivity contribution in [1.29, 1.82) is 0 Å². The van der Waals surface area contributed by atoms with Crippen LogP contribution in [0.3, 0.4) is 0 Å². The van der Waals surface area contributed by atoms with Crippen molar-refractivity contribution in [2.45, 2.75) is 20.0 Å². The highest BCUT2D eigenvalue weighted by atomic mass is 35.5. The number of rotatable bonds is 6. The maximum absolute atomic E-state index is 13.8. The molecular formula is C21H22Cl2FN3O. The summed E-state index contributed by atoms with van der Waals surface area (Å²) >= 11 is 12.2. The maximum atomic E-state index is 13.8. The Morgan fingerprint density at radius 3 is 2.18 bits per heavy atom. The van der Waals surface area contributed by atoms with E-state index in [1.165, 1.54) is 18.2 Å². The number of halogens is 3. The fourth-order valence-electron chi connectivity index (χ4n) is 2.52. The van der Waals surface area contributed by atoms with E-state index in [0.717, 1.165) is 16.7 Å². The number of ether oxygens (including phenoxy) is 1. The Hall–Kier alpha value is -2.63. The van der Waals surface area contributed by atoms with Gasteiger partial charge in [0.05, 0.1) is 5.02 Å². The zero-order valence-electron chi connectivity index (χ0n) is 15.6. The molecule has 1 unspecified atom stereocenters. The van der Waals surface area contributed by atoms with Gasteiger partial charge in [-0.15, -0.1) is 0 Å². The third-order valence-corrected chi connectivity index (χ3v) is 4.79. The van der Waals surface area contributed by atoms with Gasteiger partial charge in [-0.25, -0.2) is 4.39 Å². The summed E-state index contributed by atoms with van der Waals surface area (Å²) in [6.07, 6.45) is 0.783. The first-order valence-electron chi connectivity index (χ1n) is 8.40. The predicted octanol–water partition coefficient (Wildman–Crippen LogP) is 5.33. The molecule has 148 valence electrons. The van der Waals surface area contributed by atoms with Crippen LogP contribution in [0, 0.1) is 5.82 Å². The van der Waals surface area contributed by atoms with Crippen molar-refractivity contribution in [2.75, 3.05) is 0 Å². The summed E-state index contributed by atoms with van der Waals surface area (Å²) in [5.74, 6) is -0.558. The van der Waals surface area contributed by atoms with Crippen molar-refractivity contribution in [1.82, 2.24) is 0 Å². The van der Waals surface area contributed by atoms with Crippen LogP contribution in [0.15, 0.2) is 60.6 Å². The normalized spacial score (nSPS) is 12.4. The summed E-state index contributed by atoms with van der Waals surface area (Å²) in [5.41, 5.74) is 21.0.